The van der Waals surface area contributed by atoms with Gasteiger partial charge in [0, 0.05) is 11.7 Å². The van der Waals surface area contributed by atoms with Gasteiger partial charge < -0.3 is 5.32 Å². The molecule has 2 rings (SSSR count). The molecule has 0 bridgehead atoms. The topological polar surface area (TPSA) is 56.1 Å². The summed E-state index contributed by atoms with van der Waals surface area (Å²) in [5.74, 6) is -0.0329. The number of benzene rings is 1. The maximum absolute atomic E-state index is 11.7. The molecule has 0 saturated heterocycles. The van der Waals surface area contributed by atoms with E-state index in [0.717, 1.165) is 0 Å². The minimum Gasteiger partial charge on any atom is -0.325 e. The fraction of sp³-hybridized carbons (Fsp3) is 0.385. The quantitative estimate of drug-likeness (QED) is 0.853. The Morgan fingerprint density at radius 1 is 1.59 bits per heavy atom. The van der Waals surface area contributed by atoms with Crippen LogP contribution in [0.15, 0.2) is 24.3 Å². The van der Waals surface area contributed by atoms with E-state index in [-0.39, 0.29) is 5.91 Å². The number of nitrogens with one attached hydrogen (secondary N) is 1. The van der Waals surface area contributed by atoms with Crippen molar-refractivity contribution in [3.8, 4) is 6.07 Å². The van der Waals surface area contributed by atoms with E-state index in [0.29, 0.717) is 23.8 Å². The summed E-state index contributed by atoms with van der Waals surface area (Å²) in [6.45, 7) is 0.404. The number of hydrogen-bond donors (Lipinski definition) is 1. The van der Waals surface area contributed by atoms with Crippen molar-refractivity contribution >= 4 is 11.6 Å². The van der Waals surface area contributed by atoms with E-state index in [1.807, 2.05) is 13.1 Å². The highest BCUT2D eigenvalue weighted by atomic mass is 16.2. The molecule has 17 heavy (non-hydrogen) atoms. The summed E-state index contributed by atoms with van der Waals surface area (Å²) in [4.78, 5) is 13.8. The second-order valence-electron chi connectivity index (χ2n) is 4.39. The third kappa shape index (κ3) is 3.30. The molecule has 1 aliphatic carbocycles. The van der Waals surface area contributed by atoms with Gasteiger partial charge in [0.25, 0.3) is 0 Å². The summed E-state index contributed by atoms with van der Waals surface area (Å²) in [5, 5.41) is 11.6. The Morgan fingerprint density at radius 3 is 3.00 bits per heavy atom. The fourth-order valence-electron chi connectivity index (χ4n) is 1.74. The fourth-order valence-corrected chi connectivity index (χ4v) is 1.74. The predicted molar refractivity (Wildman–Crippen MR) is 65.4 cm³/mol. The number of likely N-dealkylation sites (N-methyl/N-ethyl adjacent to an activating group) is 1. The average Bonchev–Trinajstić information content (AvgIpc) is 3.12. The van der Waals surface area contributed by atoms with E-state index >= 15 is 0 Å². The predicted octanol–water partition coefficient (Wildman–Crippen LogP) is 1.59. The number of nitriles is 1. The Morgan fingerprint density at radius 2 is 2.35 bits per heavy atom. The first kappa shape index (κ1) is 11.6. The van der Waals surface area contributed by atoms with Crippen LogP contribution in [0.25, 0.3) is 0 Å². The molecule has 88 valence electrons. The highest BCUT2D eigenvalue weighted by Gasteiger charge is 2.27. The van der Waals surface area contributed by atoms with Crippen LogP contribution >= 0.6 is 0 Å². The van der Waals surface area contributed by atoms with Gasteiger partial charge in [0.2, 0.25) is 5.91 Å². The summed E-state index contributed by atoms with van der Waals surface area (Å²) in [7, 11) is 1.96. The van der Waals surface area contributed by atoms with Gasteiger partial charge in [-0.3, -0.25) is 9.69 Å². The van der Waals surface area contributed by atoms with Crippen molar-refractivity contribution in [1.82, 2.24) is 4.90 Å². The van der Waals surface area contributed by atoms with Gasteiger partial charge in [-0.25, -0.2) is 0 Å². The lowest BCUT2D eigenvalue weighted by molar-refractivity contribution is -0.117. The number of carbonyl (C=O) groups excluding carboxylic acids is 1. The van der Waals surface area contributed by atoms with Gasteiger partial charge in [-0.15, -0.1) is 0 Å². The van der Waals surface area contributed by atoms with Crippen LogP contribution in [-0.2, 0) is 4.79 Å². The van der Waals surface area contributed by atoms with E-state index in [1.54, 1.807) is 24.3 Å². The molecule has 0 aromatic heterocycles. The van der Waals surface area contributed by atoms with E-state index < -0.39 is 0 Å². The summed E-state index contributed by atoms with van der Waals surface area (Å²) in [6, 6.07) is 9.56. The smallest absolute Gasteiger partial charge is 0.238 e. The van der Waals surface area contributed by atoms with Crippen LogP contribution in [0.2, 0.25) is 0 Å². The Kier molecular flexibility index (Phi) is 3.40. The summed E-state index contributed by atoms with van der Waals surface area (Å²) in [5.41, 5.74) is 1.23. The normalized spacial score (nSPS) is 14.4. The monoisotopic (exact) mass is 229 g/mol. The minimum absolute atomic E-state index is 0.0329. The molecule has 1 aliphatic rings. The zero-order chi connectivity index (χ0) is 12.3. The van der Waals surface area contributed by atoms with Gasteiger partial charge in [-0.05, 0) is 38.1 Å². The zero-order valence-electron chi connectivity index (χ0n) is 9.81. The average molecular weight is 229 g/mol. The molecule has 4 nitrogen and oxygen atoms in total. The van der Waals surface area contributed by atoms with Crippen molar-refractivity contribution in [1.29, 1.82) is 5.26 Å². The third-order valence-electron chi connectivity index (χ3n) is 2.84. The van der Waals surface area contributed by atoms with Crippen molar-refractivity contribution in [3.63, 3.8) is 0 Å². The van der Waals surface area contributed by atoms with Crippen molar-refractivity contribution in [2.45, 2.75) is 18.9 Å². The number of nitrogens with zero attached hydrogens (tertiary/aromatic N) is 2. The first-order valence-corrected chi connectivity index (χ1v) is 5.69. The molecule has 1 fully saturated rings. The van der Waals surface area contributed by atoms with Crippen LogP contribution in [0.5, 0.6) is 0 Å². The van der Waals surface area contributed by atoms with Crippen LogP contribution in [0, 0.1) is 11.3 Å². The van der Waals surface area contributed by atoms with Crippen LogP contribution in [0.1, 0.15) is 18.4 Å². The minimum atomic E-state index is -0.0329. The van der Waals surface area contributed by atoms with Crippen molar-refractivity contribution in [2.24, 2.45) is 0 Å². The third-order valence-corrected chi connectivity index (χ3v) is 2.84. The molecule has 0 unspecified atom stereocenters. The molecule has 1 aromatic rings. The Bertz CT molecular complexity index is 460. The van der Waals surface area contributed by atoms with E-state index in [2.05, 4.69) is 10.2 Å². The van der Waals surface area contributed by atoms with Gasteiger partial charge in [0.05, 0.1) is 18.2 Å². The van der Waals surface area contributed by atoms with Gasteiger partial charge in [0.1, 0.15) is 0 Å². The Hall–Kier alpha value is -1.86. The number of rotatable bonds is 4. The Balaban J connectivity index is 1.90. The molecule has 0 aliphatic heterocycles. The van der Waals surface area contributed by atoms with Crippen LogP contribution in [-0.4, -0.2) is 30.4 Å². The summed E-state index contributed by atoms with van der Waals surface area (Å²) < 4.78 is 0. The highest BCUT2D eigenvalue weighted by Crippen LogP contribution is 2.24. The number of hydrogen-bond acceptors (Lipinski definition) is 3. The summed E-state index contributed by atoms with van der Waals surface area (Å²) >= 11 is 0. The first-order valence-electron chi connectivity index (χ1n) is 5.69. The van der Waals surface area contributed by atoms with Gasteiger partial charge in [0.15, 0.2) is 0 Å². The highest BCUT2D eigenvalue weighted by molar-refractivity contribution is 5.92. The van der Waals surface area contributed by atoms with Crippen LogP contribution in [0.3, 0.4) is 0 Å². The maximum Gasteiger partial charge on any atom is 0.238 e. The SMILES string of the molecule is CN(CC(=O)Nc1cccc(C#N)c1)C1CC1. The molecule has 0 atom stereocenters. The standard InChI is InChI=1S/C13H15N3O/c1-16(12-5-6-12)9-13(17)15-11-4-2-3-10(7-11)8-14/h2-4,7,12H,5-6,9H2,1H3,(H,15,17). The summed E-state index contributed by atoms with van der Waals surface area (Å²) in [6.07, 6.45) is 2.38. The molecule has 4 heteroatoms. The number of carbonyl (C=O) groups is 1. The molecule has 1 amide bonds. The lowest BCUT2D eigenvalue weighted by atomic mass is 10.2. The number of amides is 1. The van der Waals surface area contributed by atoms with E-state index in [1.165, 1.54) is 12.8 Å². The molecule has 0 radical (unpaired) electrons. The maximum atomic E-state index is 11.7. The molecular weight excluding hydrogens is 214 g/mol. The van der Waals surface area contributed by atoms with Gasteiger partial charge >= 0.3 is 0 Å². The molecule has 1 saturated carbocycles. The van der Waals surface area contributed by atoms with Crippen molar-refractivity contribution in [2.75, 3.05) is 18.9 Å². The largest absolute Gasteiger partial charge is 0.325 e. The van der Waals surface area contributed by atoms with Crippen molar-refractivity contribution < 1.29 is 4.79 Å². The van der Waals surface area contributed by atoms with Gasteiger partial charge in [-0.2, -0.15) is 5.26 Å². The van der Waals surface area contributed by atoms with E-state index in [9.17, 15) is 4.79 Å². The molecular formula is C13H15N3O. The lowest BCUT2D eigenvalue weighted by Crippen LogP contribution is -2.31. The van der Waals surface area contributed by atoms with Crippen molar-refractivity contribution in [3.05, 3.63) is 29.8 Å². The molecule has 1 aromatic carbocycles. The van der Waals surface area contributed by atoms with Crippen LogP contribution < -0.4 is 5.32 Å². The lowest BCUT2D eigenvalue weighted by Gasteiger charge is -2.15. The Labute approximate surface area is 101 Å². The molecule has 0 spiro atoms. The molecule has 1 N–H and O–H groups in total. The second kappa shape index (κ2) is 4.98. The number of anilines is 1. The van der Waals surface area contributed by atoms with Gasteiger partial charge in [-0.1, -0.05) is 6.07 Å². The molecule has 0 heterocycles. The zero-order valence-corrected chi connectivity index (χ0v) is 9.81. The van der Waals surface area contributed by atoms with Crippen LogP contribution in [0.4, 0.5) is 5.69 Å². The first-order chi connectivity index (χ1) is 8.19. The second-order valence-corrected chi connectivity index (χ2v) is 4.39. The van der Waals surface area contributed by atoms with E-state index in [4.69, 9.17) is 5.26 Å².